The maximum absolute atomic E-state index is 12.6. The molecule has 1 amide bonds. The molecule has 18 heavy (non-hydrogen) atoms. The predicted octanol–water partition coefficient (Wildman–Crippen LogP) is 0.945. The second kappa shape index (κ2) is 4.72. The van der Waals surface area contributed by atoms with Crippen LogP contribution in [-0.4, -0.2) is 46.9 Å². The van der Waals surface area contributed by atoms with Crippen LogP contribution in [0.3, 0.4) is 0 Å². The summed E-state index contributed by atoms with van der Waals surface area (Å²) in [6.07, 6.45) is 4.70. The third kappa shape index (κ3) is 2.14. The van der Waals surface area contributed by atoms with E-state index in [0.717, 1.165) is 18.5 Å². The van der Waals surface area contributed by atoms with Gasteiger partial charge in [0, 0.05) is 32.5 Å². The van der Waals surface area contributed by atoms with Crippen LogP contribution in [0.2, 0.25) is 0 Å². The molecule has 1 aromatic heterocycles. The monoisotopic (exact) mass is 251 g/mol. The minimum atomic E-state index is -0.527. The molecule has 0 aliphatic carbocycles. The van der Waals surface area contributed by atoms with E-state index in [9.17, 15) is 4.79 Å². The van der Waals surface area contributed by atoms with Gasteiger partial charge in [-0.1, -0.05) is 0 Å². The standard InChI is InChI=1S/C13H21N3O2/c1-13(2,10-7-14-15(3)8-10)12(17)16-6-5-11(16)9-18-4/h7-8,11H,5-6,9H2,1-4H3. The molecule has 0 radical (unpaired) electrons. The Morgan fingerprint density at radius 2 is 2.33 bits per heavy atom. The molecular formula is C13H21N3O2. The molecule has 1 aliphatic rings. The number of likely N-dealkylation sites (tertiary alicyclic amines) is 1. The average molecular weight is 251 g/mol. The molecular weight excluding hydrogens is 230 g/mol. The number of ether oxygens (including phenoxy) is 1. The molecule has 0 spiro atoms. The first-order chi connectivity index (χ1) is 8.46. The van der Waals surface area contributed by atoms with Gasteiger partial charge in [-0.05, 0) is 20.3 Å². The number of amides is 1. The summed E-state index contributed by atoms with van der Waals surface area (Å²) in [4.78, 5) is 14.5. The summed E-state index contributed by atoms with van der Waals surface area (Å²) in [6, 6.07) is 0.235. The van der Waals surface area contributed by atoms with E-state index < -0.39 is 5.41 Å². The van der Waals surface area contributed by atoms with E-state index in [-0.39, 0.29) is 11.9 Å². The van der Waals surface area contributed by atoms with Crippen molar-refractivity contribution in [3.05, 3.63) is 18.0 Å². The number of aromatic nitrogens is 2. The first-order valence-electron chi connectivity index (χ1n) is 6.26. The molecule has 1 fully saturated rings. The highest BCUT2D eigenvalue weighted by molar-refractivity contribution is 5.88. The van der Waals surface area contributed by atoms with E-state index in [4.69, 9.17) is 4.74 Å². The second-order valence-corrected chi connectivity index (χ2v) is 5.42. The molecule has 0 bridgehead atoms. The Labute approximate surface area is 108 Å². The maximum Gasteiger partial charge on any atom is 0.233 e. The number of aryl methyl sites for hydroxylation is 1. The van der Waals surface area contributed by atoms with E-state index >= 15 is 0 Å². The highest BCUT2D eigenvalue weighted by Gasteiger charge is 2.41. The molecule has 1 saturated heterocycles. The van der Waals surface area contributed by atoms with Crippen LogP contribution in [0.4, 0.5) is 0 Å². The fourth-order valence-corrected chi connectivity index (χ4v) is 2.30. The summed E-state index contributed by atoms with van der Waals surface area (Å²) in [5.41, 5.74) is 0.429. The van der Waals surface area contributed by atoms with Gasteiger partial charge in [-0.15, -0.1) is 0 Å². The normalized spacial score (nSPS) is 19.8. The van der Waals surface area contributed by atoms with Gasteiger partial charge in [0.25, 0.3) is 0 Å². The minimum absolute atomic E-state index is 0.156. The number of hydrogen-bond donors (Lipinski definition) is 0. The van der Waals surface area contributed by atoms with Crippen LogP contribution in [-0.2, 0) is 22.0 Å². The minimum Gasteiger partial charge on any atom is -0.383 e. The largest absolute Gasteiger partial charge is 0.383 e. The number of hydrogen-bond acceptors (Lipinski definition) is 3. The van der Waals surface area contributed by atoms with Crippen molar-refractivity contribution in [3.8, 4) is 0 Å². The Kier molecular flexibility index (Phi) is 3.43. The van der Waals surface area contributed by atoms with E-state index in [2.05, 4.69) is 5.10 Å². The Hall–Kier alpha value is -1.36. The number of nitrogens with zero attached hydrogens (tertiary/aromatic N) is 3. The molecule has 0 saturated carbocycles. The van der Waals surface area contributed by atoms with Crippen LogP contribution in [0.1, 0.15) is 25.8 Å². The zero-order valence-electron chi connectivity index (χ0n) is 11.5. The van der Waals surface area contributed by atoms with E-state index in [0.29, 0.717) is 6.61 Å². The highest BCUT2D eigenvalue weighted by Crippen LogP contribution is 2.30. The highest BCUT2D eigenvalue weighted by atomic mass is 16.5. The summed E-state index contributed by atoms with van der Waals surface area (Å²) in [5.74, 6) is 0.156. The van der Waals surface area contributed by atoms with Crippen molar-refractivity contribution >= 4 is 5.91 Å². The number of rotatable bonds is 4. The Morgan fingerprint density at radius 1 is 1.61 bits per heavy atom. The first-order valence-corrected chi connectivity index (χ1v) is 6.26. The van der Waals surface area contributed by atoms with Crippen LogP contribution in [0.15, 0.2) is 12.4 Å². The van der Waals surface area contributed by atoms with Crippen LogP contribution >= 0.6 is 0 Å². The van der Waals surface area contributed by atoms with Gasteiger partial charge in [0.05, 0.1) is 24.3 Å². The van der Waals surface area contributed by atoms with Gasteiger partial charge in [-0.2, -0.15) is 5.10 Å². The number of carbonyl (C=O) groups is 1. The number of methoxy groups -OCH3 is 1. The average Bonchev–Trinajstić information content (AvgIpc) is 2.71. The summed E-state index contributed by atoms with van der Waals surface area (Å²) >= 11 is 0. The Balaban J connectivity index is 2.12. The third-order valence-corrected chi connectivity index (χ3v) is 3.73. The molecule has 1 aliphatic heterocycles. The first kappa shape index (κ1) is 13.1. The Morgan fingerprint density at radius 3 is 2.78 bits per heavy atom. The molecule has 2 rings (SSSR count). The third-order valence-electron chi connectivity index (χ3n) is 3.73. The quantitative estimate of drug-likeness (QED) is 0.800. The van der Waals surface area contributed by atoms with Gasteiger partial charge in [-0.25, -0.2) is 0 Å². The lowest BCUT2D eigenvalue weighted by molar-refractivity contribution is -0.146. The molecule has 5 nitrogen and oxygen atoms in total. The molecule has 0 aromatic carbocycles. The lowest BCUT2D eigenvalue weighted by Crippen LogP contribution is -2.57. The van der Waals surface area contributed by atoms with E-state index in [1.54, 1.807) is 18.0 Å². The molecule has 0 N–H and O–H groups in total. The summed E-state index contributed by atoms with van der Waals surface area (Å²) in [5, 5.41) is 4.15. The smallest absolute Gasteiger partial charge is 0.233 e. The zero-order chi connectivity index (χ0) is 13.3. The van der Waals surface area contributed by atoms with Crippen molar-refractivity contribution < 1.29 is 9.53 Å². The summed E-state index contributed by atoms with van der Waals surface area (Å²) in [7, 11) is 3.54. The fraction of sp³-hybridized carbons (Fsp3) is 0.692. The van der Waals surface area contributed by atoms with Crippen molar-refractivity contribution in [3.63, 3.8) is 0 Å². The lowest BCUT2D eigenvalue weighted by atomic mass is 9.83. The topological polar surface area (TPSA) is 47.4 Å². The van der Waals surface area contributed by atoms with Crippen LogP contribution < -0.4 is 0 Å². The van der Waals surface area contributed by atoms with Crippen molar-refractivity contribution in [2.24, 2.45) is 7.05 Å². The number of carbonyl (C=O) groups excluding carboxylic acids is 1. The molecule has 100 valence electrons. The van der Waals surface area contributed by atoms with Crippen molar-refractivity contribution in [2.75, 3.05) is 20.3 Å². The summed E-state index contributed by atoms with van der Waals surface area (Å²) < 4.78 is 6.87. The van der Waals surface area contributed by atoms with E-state index in [1.165, 1.54) is 0 Å². The molecule has 1 aromatic rings. The Bertz CT molecular complexity index is 439. The molecule has 1 unspecified atom stereocenters. The van der Waals surface area contributed by atoms with E-state index in [1.807, 2.05) is 32.0 Å². The molecule has 1 atom stereocenters. The van der Waals surface area contributed by atoms with Crippen molar-refractivity contribution in [2.45, 2.75) is 31.7 Å². The fourth-order valence-electron chi connectivity index (χ4n) is 2.30. The predicted molar refractivity (Wildman–Crippen MR) is 68.2 cm³/mol. The van der Waals surface area contributed by atoms with Gasteiger partial charge in [0.1, 0.15) is 0 Å². The van der Waals surface area contributed by atoms with Gasteiger partial charge < -0.3 is 9.64 Å². The SMILES string of the molecule is COCC1CCN1C(=O)C(C)(C)c1cnn(C)c1. The van der Waals surface area contributed by atoms with Gasteiger partial charge in [0.15, 0.2) is 0 Å². The van der Waals surface area contributed by atoms with Gasteiger partial charge >= 0.3 is 0 Å². The van der Waals surface area contributed by atoms with Crippen molar-refractivity contribution in [1.29, 1.82) is 0 Å². The van der Waals surface area contributed by atoms with Crippen LogP contribution in [0, 0.1) is 0 Å². The maximum atomic E-state index is 12.6. The molecule has 5 heteroatoms. The van der Waals surface area contributed by atoms with Gasteiger partial charge in [0.2, 0.25) is 5.91 Å². The lowest BCUT2D eigenvalue weighted by Gasteiger charge is -2.44. The summed E-state index contributed by atoms with van der Waals surface area (Å²) in [6.45, 7) is 5.36. The van der Waals surface area contributed by atoms with Crippen molar-refractivity contribution in [1.82, 2.24) is 14.7 Å². The second-order valence-electron chi connectivity index (χ2n) is 5.42. The van der Waals surface area contributed by atoms with Crippen LogP contribution in [0.25, 0.3) is 0 Å². The zero-order valence-corrected chi connectivity index (χ0v) is 11.5. The molecule has 2 heterocycles. The van der Waals surface area contributed by atoms with Crippen LogP contribution in [0.5, 0.6) is 0 Å². The van der Waals surface area contributed by atoms with Gasteiger partial charge in [-0.3, -0.25) is 9.48 Å².